The third kappa shape index (κ3) is 6.35. The monoisotopic (exact) mass is 421 g/mol. The molecular weight excluding hydrogens is 405 g/mol. The summed E-state index contributed by atoms with van der Waals surface area (Å²) in [4.78, 5) is 23.5. The van der Waals surface area contributed by atoms with Crippen LogP contribution in [0.5, 0.6) is 0 Å². The van der Waals surface area contributed by atoms with Crippen molar-refractivity contribution in [1.29, 1.82) is 0 Å². The Kier molecular flexibility index (Phi) is 6.98. The first-order valence-corrected chi connectivity index (χ1v) is 9.93. The fourth-order valence-corrected chi connectivity index (χ4v) is 3.58. The lowest BCUT2D eigenvalue weighted by Crippen LogP contribution is -2.39. The maximum Gasteiger partial charge on any atom is 0.321 e. The number of nitrogens with zero attached hydrogens (tertiary/aromatic N) is 2. The average Bonchev–Trinajstić information content (AvgIpc) is 3.36. The third-order valence-electron chi connectivity index (χ3n) is 3.35. The van der Waals surface area contributed by atoms with Crippen LogP contribution in [0.1, 0.15) is 11.3 Å². The van der Waals surface area contributed by atoms with Gasteiger partial charge in [-0.2, -0.15) is 0 Å². The number of hydrogen-bond acceptors (Lipinski definition) is 8. The smallest absolute Gasteiger partial charge is 0.321 e. The Bertz CT molecular complexity index is 915. The van der Waals surface area contributed by atoms with Crippen molar-refractivity contribution in [2.45, 2.75) is 17.4 Å². The summed E-state index contributed by atoms with van der Waals surface area (Å²) in [6.45, 7) is 0.675. The van der Waals surface area contributed by atoms with Gasteiger partial charge in [0, 0.05) is 6.54 Å². The first kappa shape index (κ1) is 19.8. The molecule has 0 unspecified atom stereocenters. The largest absolute Gasteiger partial charge is 0.467 e. The Morgan fingerprint density at radius 2 is 1.96 bits per heavy atom. The van der Waals surface area contributed by atoms with Gasteiger partial charge in [-0.15, -0.1) is 10.2 Å². The Balaban J connectivity index is 1.36. The second kappa shape index (κ2) is 9.85. The van der Waals surface area contributed by atoms with E-state index in [4.69, 9.17) is 4.42 Å². The molecule has 3 N–H and O–H groups in total. The maximum absolute atomic E-state index is 12.9. The molecule has 2 aromatic heterocycles. The number of furan rings is 1. The molecule has 2 heterocycles. The molecule has 0 saturated heterocycles. The number of benzene rings is 1. The zero-order valence-corrected chi connectivity index (χ0v) is 16.1. The van der Waals surface area contributed by atoms with E-state index in [9.17, 15) is 14.0 Å². The summed E-state index contributed by atoms with van der Waals surface area (Å²) in [5, 5.41) is 16.4. The van der Waals surface area contributed by atoms with Crippen LogP contribution in [0.15, 0.2) is 51.4 Å². The summed E-state index contributed by atoms with van der Waals surface area (Å²) in [7, 11) is 0. The number of urea groups is 1. The Labute approximate surface area is 167 Å². The number of carbonyl (C=O) groups excluding carboxylic acids is 2. The van der Waals surface area contributed by atoms with Crippen LogP contribution in [-0.2, 0) is 17.9 Å². The summed E-state index contributed by atoms with van der Waals surface area (Å²) in [6.07, 6.45) is 1.50. The molecule has 0 aliphatic heterocycles. The van der Waals surface area contributed by atoms with Crippen molar-refractivity contribution in [3.8, 4) is 0 Å². The Morgan fingerprint density at radius 1 is 1.14 bits per heavy atom. The molecule has 0 aliphatic carbocycles. The summed E-state index contributed by atoms with van der Waals surface area (Å²) >= 11 is 2.46. The minimum atomic E-state index is -0.596. The van der Waals surface area contributed by atoms with E-state index in [0.717, 1.165) is 5.56 Å². The number of rotatable bonds is 8. The zero-order chi connectivity index (χ0) is 19.8. The second-order valence-corrected chi connectivity index (χ2v) is 7.65. The van der Waals surface area contributed by atoms with Crippen LogP contribution in [0.2, 0.25) is 0 Å². The van der Waals surface area contributed by atoms with Gasteiger partial charge >= 0.3 is 6.03 Å². The summed E-state index contributed by atoms with van der Waals surface area (Å²) in [5.74, 6) is -0.114. The van der Waals surface area contributed by atoms with Crippen LogP contribution < -0.4 is 16.0 Å². The van der Waals surface area contributed by atoms with Crippen molar-refractivity contribution in [3.05, 3.63) is 59.8 Å². The molecule has 0 radical (unpaired) electrons. The number of thioether (sulfide) groups is 1. The van der Waals surface area contributed by atoms with E-state index >= 15 is 0 Å². The molecule has 3 amide bonds. The molecule has 28 heavy (non-hydrogen) atoms. The average molecular weight is 421 g/mol. The van der Waals surface area contributed by atoms with Crippen molar-refractivity contribution < 1.29 is 18.4 Å². The van der Waals surface area contributed by atoms with E-state index in [1.54, 1.807) is 24.3 Å². The molecule has 0 fully saturated rings. The van der Waals surface area contributed by atoms with Gasteiger partial charge in [-0.05, 0) is 29.8 Å². The molecule has 8 nitrogen and oxygen atoms in total. The van der Waals surface area contributed by atoms with Gasteiger partial charge in [-0.25, -0.2) is 9.18 Å². The summed E-state index contributed by atoms with van der Waals surface area (Å²) in [6, 6.07) is 8.97. The molecule has 0 aliphatic rings. The zero-order valence-electron chi connectivity index (χ0n) is 14.5. The van der Waals surface area contributed by atoms with E-state index in [-0.39, 0.29) is 18.1 Å². The van der Waals surface area contributed by atoms with Crippen LogP contribution in [0.25, 0.3) is 0 Å². The summed E-state index contributed by atoms with van der Waals surface area (Å²) < 4.78 is 18.6. The lowest BCUT2D eigenvalue weighted by molar-refractivity contribution is -0.117. The molecule has 0 bridgehead atoms. The van der Waals surface area contributed by atoms with Gasteiger partial charge in [0.05, 0.1) is 18.6 Å². The highest BCUT2D eigenvalue weighted by molar-refractivity contribution is 8.01. The predicted molar refractivity (Wildman–Crippen MR) is 103 cm³/mol. The van der Waals surface area contributed by atoms with E-state index in [0.29, 0.717) is 21.8 Å². The van der Waals surface area contributed by atoms with Crippen LogP contribution in [0, 0.1) is 5.82 Å². The van der Waals surface area contributed by atoms with E-state index in [2.05, 4.69) is 26.1 Å². The minimum absolute atomic E-state index is 0.0285. The van der Waals surface area contributed by atoms with Gasteiger partial charge in [0.1, 0.15) is 11.6 Å². The van der Waals surface area contributed by atoms with Gasteiger partial charge in [-0.3, -0.25) is 10.1 Å². The number of nitrogens with one attached hydrogen (secondary N) is 3. The highest BCUT2D eigenvalue weighted by atomic mass is 32.2. The maximum atomic E-state index is 12.9. The SMILES string of the molecule is O=C(CSc1nnc(NCc2ccc(F)cc2)s1)NC(=O)NCc1ccco1. The van der Waals surface area contributed by atoms with Crippen molar-refractivity contribution in [3.63, 3.8) is 0 Å². The predicted octanol–water partition coefficient (Wildman–Crippen LogP) is 3.00. The van der Waals surface area contributed by atoms with E-state index < -0.39 is 11.9 Å². The first-order chi connectivity index (χ1) is 13.6. The number of hydrogen-bond donors (Lipinski definition) is 3. The standard InChI is InChI=1S/C17H16FN5O3S2/c18-12-5-3-11(4-6-12)8-20-16-22-23-17(28-16)27-10-14(24)21-15(25)19-9-13-2-1-7-26-13/h1-7H,8-10H2,(H,20,22)(H2,19,21,24,25). The Morgan fingerprint density at radius 3 is 2.71 bits per heavy atom. The van der Waals surface area contributed by atoms with E-state index in [1.807, 2.05) is 0 Å². The van der Waals surface area contributed by atoms with Crippen molar-refractivity contribution >= 4 is 40.2 Å². The molecular formula is C17H16FN5O3S2. The second-order valence-electron chi connectivity index (χ2n) is 5.45. The van der Waals surface area contributed by atoms with Crippen LogP contribution in [0.4, 0.5) is 14.3 Å². The van der Waals surface area contributed by atoms with E-state index in [1.165, 1.54) is 41.5 Å². The fraction of sp³-hybridized carbons (Fsp3) is 0.176. The third-order valence-corrected chi connectivity index (χ3v) is 5.36. The number of aromatic nitrogens is 2. The summed E-state index contributed by atoms with van der Waals surface area (Å²) in [5.41, 5.74) is 0.908. The molecule has 11 heteroatoms. The van der Waals surface area contributed by atoms with Crippen molar-refractivity contribution in [1.82, 2.24) is 20.8 Å². The van der Waals surface area contributed by atoms with Crippen LogP contribution in [-0.4, -0.2) is 27.9 Å². The van der Waals surface area contributed by atoms with Gasteiger partial charge in [-0.1, -0.05) is 35.2 Å². The molecule has 1 aromatic carbocycles. The highest BCUT2D eigenvalue weighted by Crippen LogP contribution is 2.25. The fourth-order valence-electron chi connectivity index (χ4n) is 2.03. The number of anilines is 1. The molecule has 3 rings (SSSR count). The first-order valence-electron chi connectivity index (χ1n) is 8.13. The molecule has 3 aromatic rings. The van der Waals surface area contributed by atoms with Crippen LogP contribution >= 0.6 is 23.1 Å². The van der Waals surface area contributed by atoms with Gasteiger partial charge in [0.2, 0.25) is 11.0 Å². The van der Waals surface area contributed by atoms with Gasteiger partial charge in [0.15, 0.2) is 4.34 Å². The Hall–Kier alpha value is -2.92. The lowest BCUT2D eigenvalue weighted by Gasteiger charge is -2.04. The molecule has 0 atom stereocenters. The normalized spacial score (nSPS) is 10.5. The van der Waals surface area contributed by atoms with Gasteiger partial charge < -0.3 is 15.1 Å². The van der Waals surface area contributed by atoms with Crippen molar-refractivity contribution in [2.75, 3.05) is 11.1 Å². The highest BCUT2D eigenvalue weighted by Gasteiger charge is 2.11. The minimum Gasteiger partial charge on any atom is -0.467 e. The quantitative estimate of drug-likeness (QED) is 0.480. The lowest BCUT2D eigenvalue weighted by atomic mass is 10.2. The number of halogens is 1. The topological polar surface area (TPSA) is 109 Å². The molecule has 0 saturated carbocycles. The number of carbonyl (C=O) groups is 2. The van der Waals surface area contributed by atoms with Gasteiger partial charge in [0.25, 0.3) is 0 Å². The molecule has 0 spiro atoms. The van der Waals surface area contributed by atoms with Crippen LogP contribution in [0.3, 0.4) is 0 Å². The number of imide groups is 1. The number of amides is 3. The van der Waals surface area contributed by atoms with Crippen molar-refractivity contribution in [2.24, 2.45) is 0 Å². The molecule has 146 valence electrons.